The molecule has 11 heteroatoms. The number of nitrogens with one attached hydrogen (secondary N) is 1. The monoisotopic (exact) mass is 397 g/mol. The van der Waals surface area contributed by atoms with Gasteiger partial charge in [0, 0.05) is 23.2 Å². The van der Waals surface area contributed by atoms with Crippen molar-refractivity contribution in [3.63, 3.8) is 0 Å². The van der Waals surface area contributed by atoms with E-state index in [1.165, 1.54) is 12.1 Å². The third-order valence-corrected chi connectivity index (χ3v) is 4.25. The molecule has 0 aliphatic carbocycles. The van der Waals surface area contributed by atoms with Gasteiger partial charge in [0.15, 0.2) is 11.5 Å². The number of ether oxygens (including phenoxy) is 3. The van der Waals surface area contributed by atoms with E-state index in [4.69, 9.17) is 19.3 Å². The fourth-order valence-electron chi connectivity index (χ4n) is 2.79. The smallest absolute Gasteiger partial charge is 0.317 e. The maximum Gasteiger partial charge on any atom is 0.317 e. The van der Waals surface area contributed by atoms with Crippen LogP contribution in [0.1, 0.15) is 6.42 Å². The van der Waals surface area contributed by atoms with E-state index in [0.717, 1.165) is 0 Å². The molecular formula is C17H19NO10. The summed E-state index contributed by atoms with van der Waals surface area (Å²) in [6.45, 7) is -0.570. The van der Waals surface area contributed by atoms with Crippen LogP contribution in [-0.2, 0) is 19.1 Å². The first-order chi connectivity index (χ1) is 13.3. The fraction of sp³-hybridized carbons (Fsp3) is 0.412. The zero-order valence-electron chi connectivity index (χ0n) is 14.4. The summed E-state index contributed by atoms with van der Waals surface area (Å²) in [5, 5.41) is 49.5. The van der Waals surface area contributed by atoms with Gasteiger partial charge in [-0.3, -0.25) is 9.59 Å². The number of carboxylic acid groups (broad SMARTS) is 1. The maximum absolute atomic E-state index is 11.3. The number of carbonyl (C=O) groups is 2. The lowest BCUT2D eigenvalue weighted by Crippen LogP contribution is -2.60. The van der Waals surface area contributed by atoms with Gasteiger partial charge in [0.05, 0.1) is 0 Å². The van der Waals surface area contributed by atoms with Crippen LogP contribution in [0.2, 0.25) is 0 Å². The number of phenols is 1. The number of aliphatic carboxylic acids is 1. The highest BCUT2D eigenvalue weighted by atomic mass is 16.7. The molecule has 152 valence electrons. The first-order valence-electron chi connectivity index (χ1n) is 8.30. The average molecular weight is 397 g/mol. The van der Waals surface area contributed by atoms with Crippen molar-refractivity contribution in [2.45, 2.75) is 37.1 Å². The van der Waals surface area contributed by atoms with Crippen LogP contribution in [0.25, 0.3) is 10.9 Å². The SMILES string of the molecule is O=C(O)CC(=O)OC[C@H]1O[C@@H](Oc2cc3cc[nH]c3cc2O)[C@H](O)[C@@H](O)[C@@H]1O. The summed E-state index contributed by atoms with van der Waals surface area (Å²) >= 11 is 0. The lowest BCUT2D eigenvalue weighted by atomic mass is 9.99. The molecule has 28 heavy (non-hydrogen) atoms. The number of aliphatic hydroxyl groups is 3. The number of carbonyl (C=O) groups excluding carboxylic acids is 1. The fourth-order valence-corrected chi connectivity index (χ4v) is 2.79. The van der Waals surface area contributed by atoms with E-state index in [1.54, 1.807) is 12.3 Å². The van der Waals surface area contributed by atoms with Crippen LogP contribution in [-0.4, -0.2) is 79.8 Å². The van der Waals surface area contributed by atoms with E-state index in [-0.39, 0.29) is 11.5 Å². The standard InChI is InChI=1S/C17H19NO10/c19-9-4-8-7(1-2-18-8)3-10(9)27-17-16(25)15(24)14(23)11(28-17)6-26-13(22)5-12(20)21/h1-4,11,14-19,23-25H,5-6H2,(H,20,21)/t11-,14-,15+,16-,17-/m1/s1. The second-order valence-electron chi connectivity index (χ2n) is 6.27. The molecule has 0 unspecified atom stereocenters. The van der Waals surface area contributed by atoms with Gasteiger partial charge in [-0.05, 0) is 12.1 Å². The van der Waals surface area contributed by atoms with Crippen molar-refractivity contribution in [2.75, 3.05) is 6.61 Å². The summed E-state index contributed by atoms with van der Waals surface area (Å²) in [4.78, 5) is 24.7. The number of H-pyrrole nitrogens is 1. The number of aromatic nitrogens is 1. The largest absolute Gasteiger partial charge is 0.504 e. The van der Waals surface area contributed by atoms with Gasteiger partial charge in [-0.25, -0.2) is 0 Å². The molecule has 0 amide bonds. The highest BCUT2D eigenvalue weighted by molar-refractivity contribution is 5.90. The normalized spacial score (nSPS) is 27.5. The van der Waals surface area contributed by atoms with Crippen LogP contribution in [0.4, 0.5) is 0 Å². The Morgan fingerprint density at radius 2 is 1.89 bits per heavy atom. The van der Waals surface area contributed by atoms with E-state index in [0.29, 0.717) is 10.9 Å². The molecule has 1 aromatic heterocycles. The van der Waals surface area contributed by atoms with Crippen molar-refractivity contribution in [1.29, 1.82) is 0 Å². The minimum Gasteiger partial charge on any atom is -0.504 e. The number of esters is 1. The molecule has 2 aromatic rings. The third kappa shape index (κ3) is 4.17. The number of hydrogen-bond donors (Lipinski definition) is 6. The Morgan fingerprint density at radius 3 is 2.61 bits per heavy atom. The van der Waals surface area contributed by atoms with Crippen LogP contribution >= 0.6 is 0 Å². The lowest BCUT2D eigenvalue weighted by molar-refractivity contribution is -0.278. The van der Waals surface area contributed by atoms with E-state index >= 15 is 0 Å². The summed E-state index contributed by atoms with van der Waals surface area (Å²) in [5.41, 5.74) is 0.647. The van der Waals surface area contributed by atoms with Gasteiger partial charge in [0.1, 0.15) is 37.4 Å². The predicted octanol–water partition coefficient (Wildman–Crippen LogP) is -0.922. The second-order valence-corrected chi connectivity index (χ2v) is 6.27. The first-order valence-corrected chi connectivity index (χ1v) is 8.30. The molecule has 3 rings (SSSR count). The molecule has 0 spiro atoms. The molecule has 1 aliphatic heterocycles. The van der Waals surface area contributed by atoms with Gasteiger partial charge in [-0.1, -0.05) is 0 Å². The van der Waals surface area contributed by atoms with Crippen molar-refractivity contribution in [3.8, 4) is 11.5 Å². The van der Waals surface area contributed by atoms with Gasteiger partial charge in [-0.2, -0.15) is 0 Å². The molecule has 1 aliphatic rings. The predicted molar refractivity (Wildman–Crippen MR) is 90.5 cm³/mol. The molecule has 1 aromatic carbocycles. The van der Waals surface area contributed by atoms with Crippen LogP contribution in [0.15, 0.2) is 24.4 Å². The zero-order chi connectivity index (χ0) is 20.4. The molecule has 1 fully saturated rings. The summed E-state index contributed by atoms with van der Waals surface area (Å²) in [7, 11) is 0. The minimum absolute atomic E-state index is 0.0404. The lowest BCUT2D eigenvalue weighted by Gasteiger charge is -2.39. The Hall–Kier alpha value is -2.86. The highest BCUT2D eigenvalue weighted by Crippen LogP contribution is 2.33. The van der Waals surface area contributed by atoms with E-state index in [9.17, 15) is 30.0 Å². The van der Waals surface area contributed by atoms with Gasteiger partial charge < -0.3 is 44.7 Å². The number of aliphatic hydroxyl groups excluding tert-OH is 3. The topological polar surface area (TPSA) is 179 Å². The molecule has 2 heterocycles. The van der Waals surface area contributed by atoms with Gasteiger partial charge >= 0.3 is 11.9 Å². The van der Waals surface area contributed by atoms with Gasteiger partial charge in [-0.15, -0.1) is 0 Å². The number of carboxylic acids is 1. The van der Waals surface area contributed by atoms with Crippen LogP contribution in [0, 0.1) is 0 Å². The number of benzene rings is 1. The number of aromatic hydroxyl groups is 1. The van der Waals surface area contributed by atoms with Crippen molar-refractivity contribution >= 4 is 22.8 Å². The molecule has 1 saturated heterocycles. The summed E-state index contributed by atoms with van der Waals surface area (Å²) in [6.07, 6.45) is -6.99. The zero-order valence-corrected chi connectivity index (χ0v) is 14.4. The van der Waals surface area contributed by atoms with E-state index in [1.807, 2.05) is 0 Å². The first kappa shape index (κ1) is 19.9. The maximum atomic E-state index is 11.3. The quantitative estimate of drug-likeness (QED) is 0.264. The number of fused-ring (bicyclic) bond motifs is 1. The second kappa shape index (κ2) is 8.02. The molecule has 0 saturated carbocycles. The Kier molecular flexibility index (Phi) is 5.70. The van der Waals surface area contributed by atoms with Crippen molar-refractivity contribution in [1.82, 2.24) is 4.98 Å². The Bertz CT molecular complexity index is 865. The van der Waals surface area contributed by atoms with Gasteiger partial charge in [0.2, 0.25) is 6.29 Å². The van der Waals surface area contributed by atoms with Crippen LogP contribution < -0.4 is 4.74 Å². The van der Waals surface area contributed by atoms with E-state index < -0.39 is 55.7 Å². The molecular weight excluding hydrogens is 378 g/mol. The van der Waals surface area contributed by atoms with Crippen LogP contribution in [0.3, 0.4) is 0 Å². The Labute approximate surface area is 157 Å². The highest BCUT2D eigenvalue weighted by Gasteiger charge is 2.45. The minimum atomic E-state index is -1.69. The average Bonchev–Trinajstić information content (AvgIpc) is 3.07. The van der Waals surface area contributed by atoms with Crippen molar-refractivity contribution in [2.24, 2.45) is 0 Å². The van der Waals surface area contributed by atoms with Crippen molar-refractivity contribution < 1.29 is 49.3 Å². The molecule has 0 radical (unpaired) electrons. The molecule has 5 atom stereocenters. The number of phenolic OH excluding ortho intramolecular Hbond substituents is 1. The number of hydrogen-bond acceptors (Lipinski definition) is 9. The molecule has 0 bridgehead atoms. The summed E-state index contributed by atoms with van der Waals surface area (Å²) in [5.74, 6) is -2.74. The summed E-state index contributed by atoms with van der Waals surface area (Å²) in [6, 6.07) is 4.61. The van der Waals surface area contributed by atoms with E-state index in [2.05, 4.69) is 4.98 Å². The Morgan fingerprint density at radius 1 is 1.14 bits per heavy atom. The summed E-state index contributed by atoms with van der Waals surface area (Å²) < 4.78 is 15.5. The third-order valence-electron chi connectivity index (χ3n) is 4.25. The van der Waals surface area contributed by atoms with Crippen LogP contribution in [0.5, 0.6) is 11.5 Å². The number of rotatable bonds is 6. The molecule has 6 N–H and O–H groups in total. The number of aromatic amines is 1. The van der Waals surface area contributed by atoms with Gasteiger partial charge in [0.25, 0.3) is 0 Å². The Balaban J connectivity index is 1.71. The van der Waals surface area contributed by atoms with Crippen molar-refractivity contribution in [3.05, 3.63) is 24.4 Å². The molecule has 11 nitrogen and oxygen atoms in total.